The van der Waals surface area contributed by atoms with Crippen molar-refractivity contribution in [1.82, 2.24) is 0 Å². The van der Waals surface area contributed by atoms with Crippen LogP contribution in [0.15, 0.2) is 12.1 Å². The van der Waals surface area contributed by atoms with Crippen molar-refractivity contribution in [3.05, 3.63) is 23.3 Å². The van der Waals surface area contributed by atoms with Crippen molar-refractivity contribution < 1.29 is 14.6 Å². The topological polar surface area (TPSA) is 70.3 Å². The first-order chi connectivity index (χ1) is 11.5. The van der Waals surface area contributed by atoms with E-state index in [4.69, 9.17) is 10.00 Å². The first-order valence-corrected chi connectivity index (χ1v) is 8.90. The molecule has 0 atom stereocenters. The zero-order valence-corrected chi connectivity index (χ0v) is 16.4. The fourth-order valence-corrected chi connectivity index (χ4v) is 2.64. The summed E-state index contributed by atoms with van der Waals surface area (Å²) in [6, 6.07) is 5.61. The maximum atomic E-state index is 11.7. The molecule has 0 aliphatic heterocycles. The summed E-state index contributed by atoms with van der Waals surface area (Å²) in [5.74, 6) is 0.438. The Bertz CT molecular complexity index is 648. The Morgan fingerprint density at radius 1 is 1.16 bits per heavy atom. The van der Waals surface area contributed by atoms with Crippen LogP contribution in [0.25, 0.3) is 0 Å². The molecule has 0 saturated heterocycles. The predicted octanol–water partition coefficient (Wildman–Crippen LogP) is 5.38. The molecule has 138 valence electrons. The molecule has 4 nitrogen and oxygen atoms in total. The molecule has 0 unspecified atom stereocenters. The molecule has 1 N–H and O–H groups in total. The number of carbonyl (C=O) groups is 1. The van der Waals surface area contributed by atoms with Crippen LogP contribution in [0.5, 0.6) is 11.5 Å². The van der Waals surface area contributed by atoms with Crippen LogP contribution in [0.1, 0.15) is 83.1 Å². The second kappa shape index (κ2) is 8.38. The van der Waals surface area contributed by atoms with Gasteiger partial charge in [0, 0.05) is 11.6 Å². The Hall–Kier alpha value is -2.02. The number of benzene rings is 1. The van der Waals surface area contributed by atoms with Gasteiger partial charge in [-0.3, -0.25) is 4.79 Å². The highest BCUT2D eigenvalue weighted by molar-refractivity contribution is 5.97. The third-order valence-electron chi connectivity index (χ3n) is 4.29. The second-order valence-corrected chi connectivity index (χ2v) is 8.33. The zero-order valence-electron chi connectivity index (χ0n) is 16.4. The van der Waals surface area contributed by atoms with Crippen LogP contribution < -0.4 is 4.74 Å². The highest BCUT2D eigenvalue weighted by atomic mass is 16.5. The molecule has 0 aromatic heterocycles. The summed E-state index contributed by atoms with van der Waals surface area (Å²) in [5, 5.41) is 19.1. The Kier molecular flexibility index (Phi) is 7.05. The minimum atomic E-state index is -0.269. The van der Waals surface area contributed by atoms with Gasteiger partial charge in [-0.1, -0.05) is 33.6 Å². The molecule has 1 aromatic carbocycles. The fraction of sp³-hybridized carbons (Fsp3) is 0.619. The van der Waals surface area contributed by atoms with Gasteiger partial charge < -0.3 is 9.84 Å². The first kappa shape index (κ1) is 21.0. The molecule has 0 spiro atoms. The first-order valence-electron chi connectivity index (χ1n) is 8.90. The van der Waals surface area contributed by atoms with E-state index >= 15 is 0 Å². The van der Waals surface area contributed by atoms with Gasteiger partial charge in [0.1, 0.15) is 11.5 Å². The number of unbranched alkanes of at least 4 members (excludes halogenated alkanes) is 2. The van der Waals surface area contributed by atoms with Gasteiger partial charge in [0.15, 0.2) is 5.78 Å². The zero-order chi connectivity index (χ0) is 19.3. The number of carbonyl (C=O) groups excluding carboxylic acids is 1. The van der Waals surface area contributed by atoms with Gasteiger partial charge in [-0.05, 0) is 45.1 Å². The Labute approximate surface area is 151 Å². The molecular weight excluding hydrogens is 314 g/mol. The molecule has 1 aromatic rings. The summed E-state index contributed by atoms with van der Waals surface area (Å²) in [5.41, 5.74) is 0.788. The number of ether oxygens (including phenoxy) is 1. The molecule has 0 heterocycles. The van der Waals surface area contributed by atoms with Crippen molar-refractivity contribution in [3.8, 4) is 17.6 Å². The van der Waals surface area contributed by atoms with Gasteiger partial charge in [-0.25, -0.2) is 0 Å². The Balaban J connectivity index is 2.71. The number of phenols is 1. The van der Waals surface area contributed by atoms with Crippen LogP contribution in [0.3, 0.4) is 0 Å². The number of aromatic hydroxyl groups is 1. The quantitative estimate of drug-likeness (QED) is 0.507. The molecule has 0 fully saturated rings. The standard InChI is InChI=1S/C21H31NO3/c1-15(23)16-12-17(20(2,3)4)19(13-18(16)24)25-11-9-7-8-10-21(5,6)14-22/h12-13,24H,7-11H2,1-6H3. The fourth-order valence-electron chi connectivity index (χ4n) is 2.64. The van der Waals surface area contributed by atoms with E-state index in [2.05, 4.69) is 26.8 Å². The van der Waals surface area contributed by atoms with Crippen LogP contribution in [0, 0.1) is 16.7 Å². The van der Waals surface area contributed by atoms with Crippen LogP contribution in [-0.2, 0) is 5.41 Å². The van der Waals surface area contributed by atoms with E-state index in [9.17, 15) is 9.90 Å². The molecule has 0 saturated carbocycles. The van der Waals surface area contributed by atoms with Crippen molar-refractivity contribution in [2.45, 2.75) is 72.6 Å². The predicted molar refractivity (Wildman–Crippen MR) is 100 cm³/mol. The van der Waals surface area contributed by atoms with Gasteiger partial charge in [-0.2, -0.15) is 5.26 Å². The van der Waals surface area contributed by atoms with E-state index < -0.39 is 0 Å². The number of hydrogen-bond acceptors (Lipinski definition) is 4. The number of Topliss-reactive ketones (excluding diaryl/α,β-unsaturated/α-hetero) is 1. The molecule has 4 heteroatoms. The Morgan fingerprint density at radius 3 is 2.32 bits per heavy atom. The molecule has 25 heavy (non-hydrogen) atoms. The average molecular weight is 345 g/mol. The van der Waals surface area contributed by atoms with Crippen molar-refractivity contribution in [3.63, 3.8) is 0 Å². The van der Waals surface area contributed by atoms with Gasteiger partial charge in [-0.15, -0.1) is 0 Å². The maximum absolute atomic E-state index is 11.7. The Morgan fingerprint density at radius 2 is 1.80 bits per heavy atom. The largest absolute Gasteiger partial charge is 0.507 e. The number of hydrogen-bond donors (Lipinski definition) is 1. The van der Waals surface area contributed by atoms with Gasteiger partial charge in [0.25, 0.3) is 0 Å². The third-order valence-corrected chi connectivity index (χ3v) is 4.29. The van der Waals surface area contributed by atoms with Crippen molar-refractivity contribution in [2.75, 3.05) is 6.61 Å². The van der Waals surface area contributed by atoms with E-state index in [1.807, 2.05) is 13.8 Å². The molecule has 0 bridgehead atoms. The molecule has 0 aliphatic carbocycles. The van der Waals surface area contributed by atoms with Gasteiger partial charge >= 0.3 is 0 Å². The summed E-state index contributed by atoms with van der Waals surface area (Å²) in [7, 11) is 0. The van der Waals surface area contributed by atoms with Gasteiger partial charge in [0.05, 0.1) is 23.7 Å². The number of ketones is 1. The highest BCUT2D eigenvalue weighted by Gasteiger charge is 2.23. The van der Waals surface area contributed by atoms with Crippen molar-refractivity contribution >= 4 is 5.78 Å². The van der Waals surface area contributed by atoms with Crippen LogP contribution in [0.2, 0.25) is 0 Å². The molecule has 0 aliphatic rings. The van der Waals surface area contributed by atoms with Gasteiger partial charge in [0.2, 0.25) is 0 Å². The third kappa shape index (κ3) is 6.42. The summed E-state index contributed by atoms with van der Waals surface area (Å²) >= 11 is 0. The summed E-state index contributed by atoms with van der Waals surface area (Å²) in [6.45, 7) is 12.1. The monoisotopic (exact) mass is 345 g/mol. The number of nitriles is 1. The lowest BCUT2D eigenvalue weighted by atomic mass is 9.84. The van der Waals surface area contributed by atoms with Crippen LogP contribution in [0.4, 0.5) is 0 Å². The molecular formula is C21H31NO3. The second-order valence-electron chi connectivity index (χ2n) is 8.33. The minimum Gasteiger partial charge on any atom is -0.507 e. The summed E-state index contributed by atoms with van der Waals surface area (Å²) in [4.78, 5) is 11.7. The van der Waals surface area contributed by atoms with Crippen molar-refractivity contribution in [2.24, 2.45) is 5.41 Å². The van der Waals surface area contributed by atoms with E-state index in [1.54, 1.807) is 12.1 Å². The smallest absolute Gasteiger partial charge is 0.163 e. The lowest BCUT2D eigenvalue weighted by Crippen LogP contribution is -2.15. The maximum Gasteiger partial charge on any atom is 0.163 e. The van der Waals surface area contributed by atoms with Crippen LogP contribution >= 0.6 is 0 Å². The van der Waals surface area contributed by atoms with E-state index in [0.29, 0.717) is 17.9 Å². The molecule has 0 radical (unpaired) electrons. The number of phenolic OH excluding ortho intramolecular Hbond substituents is 1. The summed E-state index contributed by atoms with van der Waals surface area (Å²) in [6.07, 6.45) is 3.75. The normalized spacial score (nSPS) is 11.9. The minimum absolute atomic E-state index is 0.0359. The van der Waals surface area contributed by atoms with E-state index in [-0.39, 0.29) is 22.4 Å². The SMILES string of the molecule is CC(=O)c1cc(C(C)(C)C)c(OCCCCCC(C)(C)C#N)cc1O. The lowest BCUT2D eigenvalue weighted by Gasteiger charge is -2.24. The van der Waals surface area contributed by atoms with E-state index in [1.165, 1.54) is 6.92 Å². The van der Waals surface area contributed by atoms with Crippen molar-refractivity contribution in [1.29, 1.82) is 5.26 Å². The number of rotatable bonds is 8. The van der Waals surface area contributed by atoms with E-state index in [0.717, 1.165) is 31.2 Å². The lowest BCUT2D eigenvalue weighted by molar-refractivity contribution is 0.101. The average Bonchev–Trinajstić information content (AvgIpc) is 2.49. The molecule has 1 rings (SSSR count). The highest BCUT2D eigenvalue weighted by Crippen LogP contribution is 2.36. The summed E-state index contributed by atoms with van der Waals surface area (Å²) < 4.78 is 5.90. The van der Waals surface area contributed by atoms with Crippen LogP contribution in [-0.4, -0.2) is 17.5 Å². The molecule has 0 amide bonds. The number of nitrogens with zero attached hydrogens (tertiary/aromatic N) is 1.